The predicted molar refractivity (Wildman–Crippen MR) is 74.1 cm³/mol. The minimum absolute atomic E-state index is 0.147. The lowest BCUT2D eigenvalue weighted by Crippen LogP contribution is -2.02. The highest BCUT2D eigenvalue weighted by molar-refractivity contribution is 5.81. The van der Waals surface area contributed by atoms with Crippen molar-refractivity contribution in [3.05, 3.63) is 30.3 Å². The van der Waals surface area contributed by atoms with Gasteiger partial charge in [0, 0.05) is 6.07 Å². The molecule has 108 valence electrons. The fourth-order valence-electron chi connectivity index (χ4n) is 2.09. The average molecular weight is 289 g/mol. The van der Waals surface area contributed by atoms with Gasteiger partial charge in [0.2, 0.25) is 11.8 Å². The Morgan fingerprint density at radius 2 is 2.00 bits per heavy atom. The van der Waals surface area contributed by atoms with Crippen LogP contribution < -0.4 is 15.2 Å². The summed E-state index contributed by atoms with van der Waals surface area (Å²) in [5, 5.41) is 0. The van der Waals surface area contributed by atoms with E-state index in [0.29, 0.717) is 22.7 Å². The Labute approximate surface area is 119 Å². The van der Waals surface area contributed by atoms with E-state index in [4.69, 9.17) is 15.2 Å². The van der Waals surface area contributed by atoms with Gasteiger partial charge in [-0.2, -0.15) is 4.98 Å². The van der Waals surface area contributed by atoms with Crippen molar-refractivity contribution in [1.82, 2.24) is 19.5 Å². The number of methoxy groups -OCH3 is 2. The monoisotopic (exact) mass is 289 g/mol. The molecule has 0 aliphatic carbocycles. The summed E-state index contributed by atoms with van der Waals surface area (Å²) in [6.45, 7) is 0. The van der Waals surface area contributed by atoms with E-state index in [0.717, 1.165) is 0 Å². The molecule has 0 aliphatic heterocycles. The second-order valence-corrected chi connectivity index (χ2v) is 4.18. The summed E-state index contributed by atoms with van der Waals surface area (Å²) < 4.78 is 25.4. The van der Waals surface area contributed by atoms with Gasteiger partial charge in [0.15, 0.2) is 22.7 Å². The topological polar surface area (TPSA) is 88.1 Å². The van der Waals surface area contributed by atoms with E-state index >= 15 is 0 Å². The molecule has 0 saturated heterocycles. The SMILES string of the molecule is COc1ccc(-n2c(N)nc3c(OC)ncnc32)cc1F. The van der Waals surface area contributed by atoms with Crippen LogP contribution in [0.1, 0.15) is 0 Å². The highest BCUT2D eigenvalue weighted by atomic mass is 19.1. The van der Waals surface area contributed by atoms with Crippen molar-refractivity contribution in [1.29, 1.82) is 0 Å². The molecule has 2 heterocycles. The highest BCUT2D eigenvalue weighted by Crippen LogP contribution is 2.28. The summed E-state index contributed by atoms with van der Waals surface area (Å²) in [6.07, 6.45) is 1.33. The Morgan fingerprint density at radius 3 is 2.67 bits per heavy atom. The molecule has 0 fully saturated rings. The Kier molecular flexibility index (Phi) is 3.05. The van der Waals surface area contributed by atoms with Gasteiger partial charge >= 0.3 is 0 Å². The van der Waals surface area contributed by atoms with Crippen LogP contribution in [0.25, 0.3) is 16.9 Å². The third-order valence-electron chi connectivity index (χ3n) is 3.02. The van der Waals surface area contributed by atoms with Gasteiger partial charge in [-0.25, -0.2) is 14.4 Å². The van der Waals surface area contributed by atoms with Gasteiger partial charge in [0.25, 0.3) is 0 Å². The second-order valence-electron chi connectivity index (χ2n) is 4.18. The molecule has 0 aliphatic rings. The average Bonchev–Trinajstić information content (AvgIpc) is 2.82. The number of ether oxygens (including phenoxy) is 2. The number of nitrogens with two attached hydrogens (primary N) is 1. The number of rotatable bonds is 3. The van der Waals surface area contributed by atoms with Crippen molar-refractivity contribution in [2.75, 3.05) is 20.0 Å². The Morgan fingerprint density at radius 1 is 1.19 bits per heavy atom. The molecule has 2 aromatic heterocycles. The second kappa shape index (κ2) is 4.89. The maximum atomic E-state index is 13.9. The van der Waals surface area contributed by atoms with Crippen molar-refractivity contribution in [3.8, 4) is 17.3 Å². The van der Waals surface area contributed by atoms with Gasteiger partial charge < -0.3 is 15.2 Å². The van der Waals surface area contributed by atoms with Crippen molar-refractivity contribution in [3.63, 3.8) is 0 Å². The van der Waals surface area contributed by atoms with Crippen LogP contribution in [0.2, 0.25) is 0 Å². The van der Waals surface area contributed by atoms with Crippen molar-refractivity contribution >= 4 is 17.1 Å². The third kappa shape index (κ3) is 2.00. The molecule has 21 heavy (non-hydrogen) atoms. The number of benzene rings is 1. The number of aromatic nitrogens is 4. The molecule has 3 rings (SSSR count). The molecule has 8 heteroatoms. The number of nitrogen functional groups attached to an aromatic ring is 1. The quantitative estimate of drug-likeness (QED) is 0.787. The molecule has 0 spiro atoms. The van der Waals surface area contributed by atoms with Gasteiger partial charge in [-0.3, -0.25) is 4.57 Å². The Balaban J connectivity index is 2.25. The van der Waals surface area contributed by atoms with E-state index in [-0.39, 0.29) is 11.7 Å². The molecule has 0 atom stereocenters. The van der Waals surface area contributed by atoms with Gasteiger partial charge in [-0.15, -0.1) is 0 Å². The summed E-state index contributed by atoms with van der Waals surface area (Å²) >= 11 is 0. The molecule has 1 aromatic carbocycles. The maximum absolute atomic E-state index is 13.9. The predicted octanol–water partition coefficient (Wildman–Crippen LogP) is 1.55. The molecule has 3 aromatic rings. The number of halogens is 1. The van der Waals surface area contributed by atoms with Crippen LogP contribution in [0, 0.1) is 5.82 Å². The molecule has 0 unspecified atom stereocenters. The number of fused-ring (bicyclic) bond motifs is 1. The van der Waals surface area contributed by atoms with Gasteiger partial charge in [-0.05, 0) is 12.1 Å². The molecular formula is C13H12FN5O2. The molecule has 0 radical (unpaired) electrons. The van der Waals surface area contributed by atoms with Crippen LogP contribution in [0.5, 0.6) is 11.6 Å². The summed E-state index contributed by atoms with van der Waals surface area (Å²) in [5.41, 5.74) is 7.23. The number of nitrogens with zero attached hydrogens (tertiary/aromatic N) is 4. The number of imidazole rings is 1. The number of hydrogen-bond acceptors (Lipinski definition) is 6. The number of hydrogen-bond donors (Lipinski definition) is 1. The lowest BCUT2D eigenvalue weighted by molar-refractivity contribution is 0.386. The van der Waals surface area contributed by atoms with Crippen LogP contribution in [-0.2, 0) is 0 Å². The highest BCUT2D eigenvalue weighted by Gasteiger charge is 2.17. The smallest absolute Gasteiger partial charge is 0.245 e. The van der Waals surface area contributed by atoms with E-state index < -0.39 is 5.82 Å². The first-order valence-corrected chi connectivity index (χ1v) is 6.02. The summed E-state index contributed by atoms with van der Waals surface area (Å²) in [6, 6.07) is 4.47. The molecule has 0 amide bonds. The van der Waals surface area contributed by atoms with Crippen LogP contribution in [-0.4, -0.2) is 33.7 Å². The standard InChI is InChI=1S/C13H12FN5O2/c1-20-9-4-3-7(5-8(9)14)19-11-10(18-13(19)15)12(21-2)17-6-16-11/h3-6H,1-2H3,(H2,15,18). The van der Waals surface area contributed by atoms with Crippen molar-refractivity contribution < 1.29 is 13.9 Å². The minimum atomic E-state index is -0.503. The van der Waals surface area contributed by atoms with Crippen molar-refractivity contribution in [2.45, 2.75) is 0 Å². The molecule has 0 saturated carbocycles. The van der Waals surface area contributed by atoms with Crippen LogP contribution in [0.3, 0.4) is 0 Å². The van der Waals surface area contributed by atoms with Gasteiger partial charge in [0.05, 0.1) is 19.9 Å². The van der Waals surface area contributed by atoms with E-state index in [1.165, 1.54) is 37.2 Å². The Hall–Kier alpha value is -2.90. The zero-order valence-corrected chi connectivity index (χ0v) is 11.4. The maximum Gasteiger partial charge on any atom is 0.245 e. The van der Waals surface area contributed by atoms with Crippen LogP contribution in [0.4, 0.5) is 10.3 Å². The van der Waals surface area contributed by atoms with Crippen LogP contribution >= 0.6 is 0 Å². The summed E-state index contributed by atoms with van der Waals surface area (Å²) in [5.74, 6) is 0.110. The molecular weight excluding hydrogens is 277 g/mol. The summed E-state index contributed by atoms with van der Waals surface area (Å²) in [4.78, 5) is 12.3. The van der Waals surface area contributed by atoms with E-state index in [1.807, 2.05) is 0 Å². The third-order valence-corrected chi connectivity index (χ3v) is 3.02. The van der Waals surface area contributed by atoms with Crippen molar-refractivity contribution in [2.24, 2.45) is 0 Å². The largest absolute Gasteiger partial charge is 0.494 e. The van der Waals surface area contributed by atoms with Gasteiger partial charge in [-0.1, -0.05) is 0 Å². The van der Waals surface area contributed by atoms with Gasteiger partial charge in [0.1, 0.15) is 6.33 Å². The molecule has 2 N–H and O–H groups in total. The number of anilines is 1. The first-order valence-electron chi connectivity index (χ1n) is 6.02. The van der Waals surface area contributed by atoms with E-state index in [2.05, 4.69) is 15.0 Å². The first-order chi connectivity index (χ1) is 10.2. The van der Waals surface area contributed by atoms with E-state index in [9.17, 15) is 4.39 Å². The van der Waals surface area contributed by atoms with E-state index in [1.54, 1.807) is 6.07 Å². The molecule has 7 nitrogen and oxygen atoms in total. The lowest BCUT2D eigenvalue weighted by atomic mass is 10.3. The minimum Gasteiger partial charge on any atom is -0.494 e. The first kappa shape index (κ1) is 13.1. The zero-order chi connectivity index (χ0) is 15.0. The molecule has 0 bridgehead atoms. The summed E-state index contributed by atoms with van der Waals surface area (Å²) in [7, 11) is 2.88. The Bertz CT molecular complexity index is 818. The fraction of sp³-hybridized carbons (Fsp3) is 0.154. The lowest BCUT2D eigenvalue weighted by Gasteiger charge is -2.08. The fourth-order valence-corrected chi connectivity index (χ4v) is 2.09. The van der Waals surface area contributed by atoms with Crippen LogP contribution in [0.15, 0.2) is 24.5 Å². The zero-order valence-electron chi connectivity index (χ0n) is 11.4. The normalized spacial score (nSPS) is 10.8.